The minimum atomic E-state index is -0.984. The monoisotopic (exact) mass is 317 g/mol. The van der Waals surface area contributed by atoms with Gasteiger partial charge >= 0.3 is 5.97 Å². The molecule has 0 radical (unpaired) electrons. The Morgan fingerprint density at radius 1 is 1.21 bits per heavy atom. The van der Waals surface area contributed by atoms with Gasteiger partial charge in [0.2, 0.25) is 5.89 Å². The quantitative estimate of drug-likeness (QED) is 0.777. The number of rotatable bonds is 2. The van der Waals surface area contributed by atoms with Gasteiger partial charge in [0.05, 0.1) is 5.56 Å². The van der Waals surface area contributed by atoms with Gasteiger partial charge in [0.1, 0.15) is 5.52 Å². The molecule has 0 amide bonds. The predicted octanol–water partition coefficient (Wildman–Crippen LogP) is 3.96. The molecule has 19 heavy (non-hydrogen) atoms. The second-order valence-electron chi connectivity index (χ2n) is 4.02. The Labute approximate surface area is 116 Å². The van der Waals surface area contributed by atoms with Crippen LogP contribution in [0, 0.1) is 0 Å². The molecule has 3 aromatic rings. The molecule has 0 aliphatic heterocycles. The predicted molar refractivity (Wildman–Crippen MR) is 74.1 cm³/mol. The van der Waals surface area contributed by atoms with E-state index in [4.69, 9.17) is 9.52 Å². The van der Waals surface area contributed by atoms with Crippen molar-refractivity contribution in [3.63, 3.8) is 0 Å². The van der Waals surface area contributed by atoms with E-state index in [1.165, 1.54) is 12.1 Å². The second-order valence-corrected chi connectivity index (χ2v) is 4.93. The van der Waals surface area contributed by atoms with Gasteiger partial charge in [0.25, 0.3) is 0 Å². The number of carboxylic acid groups (broad SMARTS) is 1. The van der Waals surface area contributed by atoms with Gasteiger partial charge in [-0.05, 0) is 36.4 Å². The number of benzene rings is 2. The summed E-state index contributed by atoms with van der Waals surface area (Å²) >= 11 is 3.39. The molecule has 0 saturated carbocycles. The fourth-order valence-corrected chi connectivity index (χ4v) is 2.20. The topological polar surface area (TPSA) is 63.3 Å². The number of nitrogens with zero attached hydrogens (tertiary/aromatic N) is 1. The molecule has 1 heterocycles. The number of hydrogen-bond donors (Lipinski definition) is 1. The first kappa shape index (κ1) is 11.9. The van der Waals surface area contributed by atoms with E-state index in [2.05, 4.69) is 20.9 Å². The van der Waals surface area contributed by atoms with Crippen LogP contribution in [-0.2, 0) is 0 Å². The molecule has 0 saturated heterocycles. The smallest absolute Gasteiger partial charge is 0.335 e. The Balaban J connectivity index is 2.14. The van der Waals surface area contributed by atoms with Gasteiger partial charge < -0.3 is 9.52 Å². The highest BCUT2D eigenvalue weighted by Crippen LogP contribution is 2.26. The van der Waals surface area contributed by atoms with Crippen LogP contribution >= 0.6 is 15.9 Å². The van der Waals surface area contributed by atoms with Gasteiger partial charge in [-0.2, -0.15) is 0 Å². The highest BCUT2D eigenvalue weighted by atomic mass is 79.9. The molecule has 0 fully saturated rings. The molecule has 2 aromatic carbocycles. The van der Waals surface area contributed by atoms with Crippen LogP contribution in [0.4, 0.5) is 0 Å². The molecular weight excluding hydrogens is 310 g/mol. The van der Waals surface area contributed by atoms with Crippen LogP contribution in [0.15, 0.2) is 51.4 Å². The summed E-state index contributed by atoms with van der Waals surface area (Å²) in [4.78, 5) is 15.2. The molecule has 0 bridgehead atoms. The van der Waals surface area contributed by atoms with Gasteiger partial charge in [-0.3, -0.25) is 0 Å². The highest BCUT2D eigenvalue weighted by molar-refractivity contribution is 9.10. The third-order valence-corrected chi connectivity index (χ3v) is 3.20. The summed E-state index contributed by atoms with van der Waals surface area (Å²) in [5.74, 6) is -0.513. The standard InChI is InChI=1S/C14H8BrNO3/c15-10-3-1-2-8(6-10)13-16-11-5-4-9(14(17)18)7-12(11)19-13/h1-7H,(H,17,18). The van der Waals surface area contributed by atoms with Gasteiger partial charge in [-0.15, -0.1) is 0 Å². The number of carboxylic acids is 1. The first-order valence-corrected chi connectivity index (χ1v) is 6.32. The number of oxazole rings is 1. The third kappa shape index (κ3) is 2.24. The number of aromatic carboxylic acids is 1. The number of hydrogen-bond acceptors (Lipinski definition) is 3. The minimum absolute atomic E-state index is 0.185. The average Bonchev–Trinajstić information content (AvgIpc) is 2.81. The molecule has 0 aliphatic carbocycles. The van der Waals surface area contributed by atoms with Crippen LogP contribution in [0.25, 0.3) is 22.6 Å². The molecule has 5 heteroatoms. The van der Waals surface area contributed by atoms with E-state index in [1.54, 1.807) is 6.07 Å². The number of halogens is 1. The number of carbonyl (C=O) groups is 1. The Morgan fingerprint density at radius 2 is 2.05 bits per heavy atom. The van der Waals surface area contributed by atoms with Crippen LogP contribution in [-0.4, -0.2) is 16.1 Å². The third-order valence-electron chi connectivity index (χ3n) is 2.71. The molecule has 0 aliphatic rings. The second kappa shape index (κ2) is 4.51. The SMILES string of the molecule is O=C(O)c1ccc2nc(-c3cccc(Br)c3)oc2c1. The Hall–Kier alpha value is -2.14. The molecule has 1 N–H and O–H groups in total. The summed E-state index contributed by atoms with van der Waals surface area (Å²) in [5.41, 5.74) is 2.13. The van der Waals surface area contributed by atoms with Crippen molar-refractivity contribution in [3.05, 3.63) is 52.5 Å². The van der Waals surface area contributed by atoms with Crippen molar-refractivity contribution in [2.75, 3.05) is 0 Å². The highest BCUT2D eigenvalue weighted by Gasteiger charge is 2.11. The zero-order valence-corrected chi connectivity index (χ0v) is 11.2. The molecular formula is C14H8BrNO3. The van der Waals surface area contributed by atoms with Crippen LogP contribution in [0.1, 0.15) is 10.4 Å². The summed E-state index contributed by atoms with van der Waals surface area (Å²) < 4.78 is 6.53. The van der Waals surface area contributed by atoms with Crippen molar-refractivity contribution in [1.29, 1.82) is 0 Å². The zero-order chi connectivity index (χ0) is 13.4. The minimum Gasteiger partial charge on any atom is -0.478 e. The van der Waals surface area contributed by atoms with Crippen molar-refractivity contribution in [1.82, 2.24) is 4.98 Å². The van der Waals surface area contributed by atoms with Crippen molar-refractivity contribution < 1.29 is 14.3 Å². The maximum Gasteiger partial charge on any atom is 0.335 e. The first-order chi connectivity index (χ1) is 9.13. The Kier molecular flexibility index (Phi) is 2.83. The van der Waals surface area contributed by atoms with Crippen LogP contribution < -0.4 is 0 Å². The van der Waals surface area contributed by atoms with Crippen molar-refractivity contribution in [3.8, 4) is 11.5 Å². The van der Waals surface area contributed by atoms with Crippen LogP contribution in [0.5, 0.6) is 0 Å². The Bertz CT molecular complexity index is 779. The fourth-order valence-electron chi connectivity index (χ4n) is 1.80. The van der Waals surface area contributed by atoms with Gasteiger partial charge in [-0.25, -0.2) is 9.78 Å². The average molecular weight is 318 g/mol. The number of fused-ring (bicyclic) bond motifs is 1. The van der Waals surface area contributed by atoms with E-state index in [0.29, 0.717) is 17.0 Å². The van der Waals surface area contributed by atoms with Crippen LogP contribution in [0.2, 0.25) is 0 Å². The van der Waals surface area contributed by atoms with Crippen molar-refractivity contribution in [2.45, 2.75) is 0 Å². The summed E-state index contributed by atoms with van der Waals surface area (Å²) in [6.45, 7) is 0. The van der Waals surface area contributed by atoms with Crippen LogP contribution in [0.3, 0.4) is 0 Å². The summed E-state index contributed by atoms with van der Waals surface area (Å²) in [6, 6.07) is 12.2. The van der Waals surface area contributed by atoms with Crippen molar-refractivity contribution >= 4 is 33.0 Å². The lowest BCUT2D eigenvalue weighted by atomic mass is 10.2. The molecule has 4 nitrogen and oxygen atoms in total. The van der Waals surface area contributed by atoms with E-state index in [0.717, 1.165) is 10.0 Å². The van der Waals surface area contributed by atoms with Gasteiger partial charge in [0.15, 0.2) is 5.58 Å². The van der Waals surface area contributed by atoms with E-state index < -0.39 is 5.97 Å². The molecule has 3 rings (SSSR count). The fraction of sp³-hybridized carbons (Fsp3) is 0. The molecule has 94 valence electrons. The van der Waals surface area contributed by atoms with E-state index >= 15 is 0 Å². The van der Waals surface area contributed by atoms with Gasteiger partial charge in [0, 0.05) is 10.0 Å². The molecule has 0 unspecified atom stereocenters. The largest absolute Gasteiger partial charge is 0.478 e. The normalized spacial score (nSPS) is 10.8. The number of aromatic nitrogens is 1. The lowest BCUT2D eigenvalue weighted by Crippen LogP contribution is -1.94. The van der Waals surface area contributed by atoms with E-state index in [-0.39, 0.29) is 5.56 Å². The van der Waals surface area contributed by atoms with Gasteiger partial charge in [-0.1, -0.05) is 22.0 Å². The maximum absolute atomic E-state index is 10.9. The maximum atomic E-state index is 10.9. The first-order valence-electron chi connectivity index (χ1n) is 5.53. The lowest BCUT2D eigenvalue weighted by molar-refractivity contribution is 0.0697. The van der Waals surface area contributed by atoms with E-state index in [1.807, 2.05) is 24.3 Å². The van der Waals surface area contributed by atoms with Crippen molar-refractivity contribution in [2.24, 2.45) is 0 Å². The molecule has 0 atom stereocenters. The zero-order valence-electron chi connectivity index (χ0n) is 9.63. The summed E-state index contributed by atoms with van der Waals surface area (Å²) in [5, 5.41) is 8.94. The van der Waals surface area contributed by atoms with E-state index in [9.17, 15) is 4.79 Å². The lowest BCUT2D eigenvalue weighted by Gasteiger charge is -1.95. The summed E-state index contributed by atoms with van der Waals surface area (Å²) in [6.07, 6.45) is 0. The Morgan fingerprint density at radius 3 is 2.79 bits per heavy atom. The summed E-state index contributed by atoms with van der Waals surface area (Å²) in [7, 11) is 0. The molecule has 1 aromatic heterocycles. The molecule has 0 spiro atoms.